The number of carboxylic acids is 1. The van der Waals surface area contributed by atoms with Crippen LogP contribution in [-0.4, -0.2) is 22.0 Å². The van der Waals surface area contributed by atoms with Crippen LogP contribution in [-0.2, 0) is 9.59 Å². The fourth-order valence-corrected chi connectivity index (χ4v) is 3.11. The Morgan fingerprint density at radius 1 is 1.40 bits per heavy atom. The van der Waals surface area contributed by atoms with Gasteiger partial charge in [0.25, 0.3) is 0 Å². The lowest BCUT2D eigenvalue weighted by atomic mass is 9.82. The van der Waals surface area contributed by atoms with Crippen molar-refractivity contribution in [2.45, 2.75) is 32.7 Å². The molecule has 2 rings (SSSR count). The van der Waals surface area contributed by atoms with Crippen molar-refractivity contribution in [3.05, 3.63) is 28.2 Å². The van der Waals surface area contributed by atoms with Gasteiger partial charge in [-0.1, -0.05) is 12.2 Å². The Kier molecular flexibility index (Phi) is 4.54. The van der Waals surface area contributed by atoms with Crippen LogP contribution < -0.4 is 5.32 Å². The van der Waals surface area contributed by atoms with Gasteiger partial charge in [0.1, 0.15) is 5.01 Å². The van der Waals surface area contributed by atoms with E-state index in [2.05, 4.69) is 10.3 Å². The number of thiazole rings is 1. The molecule has 0 fully saturated rings. The number of aliphatic carboxylic acids is 1. The van der Waals surface area contributed by atoms with Gasteiger partial charge in [-0.2, -0.15) is 0 Å². The van der Waals surface area contributed by atoms with E-state index >= 15 is 0 Å². The molecule has 1 aromatic heterocycles. The normalized spacial score (nSPS) is 23.3. The summed E-state index contributed by atoms with van der Waals surface area (Å²) in [4.78, 5) is 28.8. The maximum Gasteiger partial charge on any atom is 0.307 e. The minimum Gasteiger partial charge on any atom is -0.481 e. The Labute approximate surface area is 121 Å². The van der Waals surface area contributed by atoms with E-state index in [9.17, 15) is 14.7 Å². The molecule has 2 N–H and O–H groups in total. The maximum atomic E-state index is 12.3. The number of hydrogen-bond acceptors (Lipinski definition) is 4. The molecule has 0 spiro atoms. The molecule has 1 aromatic rings. The monoisotopic (exact) mass is 294 g/mol. The molecule has 1 heterocycles. The van der Waals surface area contributed by atoms with Crippen molar-refractivity contribution in [2.24, 2.45) is 11.8 Å². The van der Waals surface area contributed by atoms with Crippen molar-refractivity contribution >= 4 is 23.2 Å². The lowest BCUT2D eigenvalue weighted by Crippen LogP contribution is -2.39. The van der Waals surface area contributed by atoms with E-state index in [1.807, 2.05) is 26.0 Å². The number of amides is 1. The van der Waals surface area contributed by atoms with Crippen molar-refractivity contribution in [1.29, 1.82) is 0 Å². The van der Waals surface area contributed by atoms with E-state index in [4.69, 9.17) is 0 Å². The summed E-state index contributed by atoms with van der Waals surface area (Å²) in [6, 6.07) is -0.193. The third-order valence-electron chi connectivity index (χ3n) is 3.45. The van der Waals surface area contributed by atoms with Gasteiger partial charge in [-0.05, 0) is 26.7 Å². The maximum absolute atomic E-state index is 12.3. The molecular formula is C14H18N2O3S. The van der Waals surface area contributed by atoms with E-state index in [1.54, 1.807) is 6.20 Å². The highest BCUT2D eigenvalue weighted by molar-refractivity contribution is 7.11. The second-order valence-corrected chi connectivity index (χ2v) is 6.30. The van der Waals surface area contributed by atoms with Gasteiger partial charge in [0.2, 0.25) is 5.91 Å². The van der Waals surface area contributed by atoms with Crippen LogP contribution >= 0.6 is 11.3 Å². The third-order valence-corrected chi connectivity index (χ3v) is 4.55. The first kappa shape index (κ1) is 14.7. The zero-order valence-electron chi connectivity index (χ0n) is 11.5. The fraction of sp³-hybridized carbons (Fsp3) is 0.500. The minimum absolute atomic E-state index is 0.193. The SMILES string of the molecule is Cc1cnc(C(C)NC(=O)C2CC=CCC2C(=O)O)s1. The van der Waals surface area contributed by atoms with Gasteiger partial charge in [0.15, 0.2) is 0 Å². The molecule has 0 aliphatic heterocycles. The smallest absolute Gasteiger partial charge is 0.307 e. The van der Waals surface area contributed by atoms with Crippen molar-refractivity contribution in [1.82, 2.24) is 10.3 Å². The van der Waals surface area contributed by atoms with Gasteiger partial charge in [-0.25, -0.2) is 4.98 Å². The molecule has 6 heteroatoms. The molecular weight excluding hydrogens is 276 g/mol. The number of aromatic nitrogens is 1. The molecule has 20 heavy (non-hydrogen) atoms. The Balaban J connectivity index is 2.03. The van der Waals surface area contributed by atoms with E-state index in [0.29, 0.717) is 12.8 Å². The molecule has 0 saturated carbocycles. The highest BCUT2D eigenvalue weighted by Crippen LogP contribution is 2.27. The van der Waals surface area contributed by atoms with Crippen LogP contribution in [0.4, 0.5) is 0 Å². The molecule has 1 amide bonds. The highest BCUT2D eigenvalue weighted by Gasteiger charge is 2.34. The summed E-state index contributed by atoms with van der Waals surface area (Å²) in [5.74, 6) is -2.25. The molecule has 1 aliphatic rings. The summed E-state index contributed by atoms with van der Waals surface area (Å²) in [5, 5.41) is 12.9. The number of carbonyl (C=O) groups is 2. The number of carbonyl (C=O) groups excluding carboxylic acids is 1. The fourth-order valence-electron chi connectivity index (χ4n) is 2.33. The number of nitrogens with zero attached hydrogens (tertiary/aromatic N) is 1. The van der Waals surface area contributed by atoms with E-state index in [0.717, 1.165) is 9.88 Å². The number of nitrogens with one attached hydrogen (secondary N) is 1. The second kappa shape index (κ2) is 6.17. The Morgan fingerprint density at radius 3 is 2.60 bits per heavy atom. The summed E-state index contributed by atoms with van der Waals surface area (Å²) in [7, 11) is 0. The number of carboxylic acid groups (broad SMARTS) is 1. The van der Waals surface area contributed by atoms with Crippen molar-refractivity contribution in [3.63, 3.8) is 0 Å². The molecule has 108 valence electrons. The standard InChI is InChI=1S/C14H18N2O3S/c1-8-7-15-13(20-8)9(2)16-12(17)10-5-3-4-6-11(10)14(18)19/h3-4,7,9-11H,5-6H2,1-2H3,(H,16,17)(H,18,19). The first-order chi connectivity index (χ1) is 9.49. The van der Waals surface area contributed by atoms with Crippen LogP contribution in [0.25, 0.3) is 0 Å². The van der Waals surface area contributed by atoms with Gasteiger partial charge in [0.05, 0.1) is 17.9 Å². The van der Waals surface area contributed by atoms with Crippen molar-refractivity contribution in [2.75, 3.05) is 0 Å². The van der Waals surface area contributed by atoms with Gasteiger partial charge in [0, 0.05) is 11.1 Å². The number of allylic oxidation sites excluding steroid dienone is 2. The van der Waals surface area contributed by atoms with Crippen molar-refractivity contribution in [3.8, 4) is 0 Å². The Bertz CT molecular complexity index is 538. The van der Waals surface area contributed by atoms with Crippen LogP contribution in [0.2, 0.25) is 0 Å². The number of hydrogen-bond donors (Lipinski definition) is 2. The summed E-state index contributed by atoms with van der Waals surface area (Å²) >= 11 is 1.54. The van der Waals surface area contributed by atoms with Crippen LogP contribution in [0.3, 0.4) is 0 Å². The average Bonchev–Trinajstić information content (AvgIpc) is 2.85. The number of rotatable bonds is 4. The van der Waals surface area contributed by atoms with Gasteiger partial charge in [-0.15, -0.1) is 11.3 Å². The predicted octanol–water partition coefficient (Wildman–Crippen LogP) is 2.30. The minimum atomic E-state index is -0.910. The van der Waals surface area contributed by atoms with Crippen molar-refractivity contribution < 1.29 is 14.7 Å². The van der Waals surface area contributed by atoms with E-state index < -0.39 is 17.8 Å². The molecule has 3 atom stereocenters. The molecule has 0 bridgehead atoms. The molecule has 0 radical (unpaired) electrons. The van der Waals surface area contributed by atoms with Crippen LogP contribution in [0.5, 0.6) is 0 Å². The Morgan fingerprint density at radius 2 is 2.05 bits per heavy atom. The Hall–Kier alpha value is -1.69. The predicted molar refractivity (Wildman–Crippen MR) is 76.4 cm³/mol. The lowest BCUT2D eigenvalue weighted by molar-refractivity contribution is -0.147. The summed E-state index contributed by atoms with van der Waals surface area (Å²) in [6.07, 6.45) is 6.37. The molecule has 0 saturated heterocycles. The first-order valence-corrected chi connectivity index (χ1v) is 7.41. The first-order valence-electron chi connectivity index (χ1n) is 6.59. The average molecular weight is 294 g/mol. The van der Waals surface area contributed by atoms with Gasteiger partial charge < -0.3 is 10.4 Å². The highest BCUT2D eigenvalue weighted by atomic mass is 32.1. The summed E-state index contributed by atoms with van der Waals surface area (Å²) in [5.41, 5.74) is 0. The molecule has 0 aromatic carbocycles. The zero-order valence-corrected chi connectivity index (χ0v) is 12.3. The van der Waals surface area contributed by atoms with Crippen LogP contribution in [0, 0.1) is 18.8 Å². The number of aryl methyl sites for hydroxylation is 1. The van der Waals surface area contributed by atoms with Crippen LogP contribution in [0.1, 0.15) is 35.7 Å². The quantitative estimate of drug-likeness (QED) is 0.835. The largest absolute Gasteiger partial charge is 0.481 e. The van der Waals surface area contributed by atoms with E-state index in [-0.39, 0.29) is 11.9 Å². The molecule has 3 unspecified atom stereocenters. The lowest BCUT2D eigenvalue weighted by Gasteiger charge is -2.25. The van der Waals surface area contributed by atoms with Gasteiger partial charge in [-0.3, -0.25) is 9.59 Å². The zero-order chi connectivity index (χ0) is 14.7. The second-order valence-electron chi connectivity index (χ2n) is 5.03. The van der Waals surface area contributed by atoms with Gasteiger partial charge >= 0.3 is 5.97 Å². The summed E-state index contributed by atoms with van der Waals surface area (Å²) in [6.45, 7) is 3.83. The molecule has 5 nitrogen and oxygen atoms in total. The van der Waals surface area contributed by atoms with E-state index in [1.165, 1.54) is 11.3 Å². The molecule has 1 aliphatic carbocycles. The topological polar surface area (TPSA) is 79.3 Å². The summed E-state index contributed by atoms with van der Waals surface area (Å²) < 4.78 is 0. The third kappa shape index (κ3) is 3.25. The van der Waals surface area contributed by atoms with Crippen LogP contribution in [0.15, 0.2) is 18.3 Å².